The first-order valence-corrected chi connectivity index (χ1v) is 19.3. The normalized spacial score (nSPS) is 22.4. The number of rotatable bonds is 5. The van der Waals surface area contributed by atoms with Gasteiger partial charge in [0.15, 0.2) is 40.6 Å². The first-order valence-electron chi connectivity index (χ1n) is 19.3. The molecule has 3 aliphatic rings. The number of hydrogen-bond acceptors (Lipinski definition) is 18. The van der Waals surface area contributed by atoms with Crippen LogP contribution in [0.15, 0.2) is 72.8 Å². The lowest BCUT2D eigenvalue weighted by Gasteiger charge is -2.41. The van der Waals surface area contributed by atoms with Gasteiger partial charge in [0.05, 0.1) is 29.3 Å². The van der Waals surface area contributed by atoms with Crippen molar-refractivity contribution in [1.29, 1.82) is 0 Å². The largest absolute Gasteiger partial charge is 0.507 e. The molecule has 6 aromatic carbocycles. The molecule has 0 amide bonds. The third-order valence-corrected chi connectivity index (χ3v) is 11.8. The van der Waals surface area contributed by atoms with Gasteiger partial charge in [-0.05, 0) is 53.1 Å². The monoisotopic (exact) mass is 866 g/mol. The minimum atomic E-state index is -1.89. The zero-order chi connectivity index (χ0) is 44.9. The Kier molecular flexibility index (Phi) is 9.46. The molecule has 0 spiro atoms. The fraction of sp³-hybridized carbons (Fsp3) is 0.200. The van der Waals surface area contributed by atoms with Crippen LogP contribution in [-0.2, 0) is 12.8 Å². The highest BCUT2D eigenvalue weighted by atomic mass is 16.5. The van der Waals surface area contributed by atoms with Crippen molar-refractivity contribution in [3.05, 3.63) is 112 Å². The summed E-state index contributed by atoms with van der Waals surface area (Å²) in [6.45, 7) is 0. The van der Waals surface area contributed by atoms with Crippen molar-refractivity contribution in [3.8, 4) is 97.4 Å². The van der Waals surface area contributed by atoms with Crippen molar-refractivity contribution in [2.75, 3.05) is 0 Å². The summed E-state index contributed by atoms with van der Waals surface area (Å²) in [5, 5.41) is 165. The first kappa shape index (κ1) is 40.6. The molecule has 18 heteroatoms. The van der Waals surface area contributed by atoms with E-state index in [1.165, 1.54) is 18.2 Å². The molecule has 9 rings (SSSR count). The summed E-state index contributed by atoms with van der Waals surface area (Å²) in [6.07, 6.45) is -9.60. The maximum atomic E-state index is 12.5. The van der Waals surface area contributed by atoms with Crippen LogP contribution in [0.25, 0.3) is 11.1 Å². The van der Waals surface area contributed by atoms with E-state index in [2.05, 4.69) is 0 Å². The third kappa shape index (κ3) is 6.46. The van der Waals surface area contributed by atoms with Crippen molar-refractivity contribution >= 4 is 0 Å². The minimum Gasteiger partial charge on any atom is -0.507 e. The number of aromatic hydroxyl groups is 12. The Hall–Kier alpha value is -7.80. The highest BCUT2D eigenvalue weighted by Crippen LogP contribution is 2.63. The Balaban J connectivity index is 1.30. The van der Waals surface area contributed by atoms with E-state index in [0.717, 1.165) is 54.6 Å². The molecule has 3 aliphatic heterocycles. The average molecular weight is 867 g/mol. The summed E-state index contributed by atoms with van der Waals surface area (Å²) in [6, 6.07) is 13.4. The Labute approximate surface area is 354 Å². The molecule has 18 nitrogen and oxygen atoms in total. The van der Waals surface area contributed by atoms with Crippen LogP contribution in [0.2, 0.25) is 0 Å². The number of phenols is 12. The van der Waals surface area contributed by atoms with Crippen LogP contribution in [0.4, 0.5) is 0 Å². The second kappa shape index (κ2) is 14.7. The first-order chi connectivity index (χ1) is 29.9. The number of aliphatic hydroxyl groups is 3. The lowest BCUT2D eigenvalue weighted by molar-refractivity contribution is 0.00140. The van der Waals surface area contributed by atoms with Crippen LogP contribution in [0.5, 0.6) is 86.2 Å². The van der Waals surface area contributed by atoms with Crippen molar-refractivity contribution < 1.29 is 90.8 Å². The van der Waals surface area contributed by atoms with Gasteiger partial charge >= 0.3 is 0 Å². The summed E-state index contributed by atoms with van der Waals surface area (Å²) in [5.41, 5.74) is -1.29. The lowest BCUT2D eigenvalue weighted by Crippen LogP contribution is -2.37. The standard InChI is InChI=1S/C45H38O18/c46-20-4-1-15(7-25(20)51)40-32(58)10-18-23(49)12-28(54)34(43(18)61-40)35-30(56)14-31(57)37-38(39(60)42(63-45(35)37)17-3-6-22(48)27(53)9-17)36-29(55)13-24(50)19-11-33(59)41(62-44(19)36)16-2-5-21(47)26(52)8-16/h1-9,12-14,32-33,38-42,46-60H,10-11H2. The van der Waals surface area contributed by atoms with Gasteiger partial charge in [-0.2, -0.15) is 0 Å². The quantitative estimate of drug-likeness (QED) is 0.106. The second-order valence-corrected chi connectivity index (χ2v) is 15.6. The average Bonchev–Trinajstić information content (AvgIpc) is 3.22. The van der Waals surface area contributed by atoms with Crippen molar-refractivity contribution in [1.82, 2.24) is 0 Å². The molecule has 6 aromatic rings. The predicted molar refractivity (Wildman–Crippen MR) is 215 cm³/mol. The van der Waals surface area contributed by atoms with Crippen molar-refractivity contribution in [2.45, 2.75) is 55.4 Å². The van der Waals surface area contributed by atoms with Crippen LogP contribution >= 0.6 is 0 Å². The van der Waals surface area contributed by atoms with Crippen LogP contribution in [0.1, 0.15) is 63.2 Å². The van der Waals surface area contributed by atoms with E-state index in [1.54, 1.807) is 0 Å². The summed E-state index contributed by atoms with van der Waals surface area (Å²) in [5.74, 6) is -10.0. The van der Waals surface area contributed by atoms with E-state index in [4.69, 9.17) is 14.2 Å². The van der Waals surface area contributed by atoms with Gasteiger partial charge in [0.1, 0.15) is 70.1 Å². The minimum absolute atomic E-state index is 0.00770. The van der Waals surface area contributed by atoms with Crippen LogP contribution in [0.3, 0.4) is 0 Å². The summed E-state index contributed by atoms with van der Waals surface area (Å²) >= 11 is 0. The molecule has 0 saturated heterocycles. The molecule has 15 N–H and O–H groups in total. The number of ether oxygens (including phenoxy) is 3. The number of phenolic OH excluding ortho intramolecular Hbond substituents is 12. The molecular weight excluding hydrogens is 828 g/mol. The van der Waals surface area contributed by atoms with Gasteiger partial charge in [-0.3, -0.25) is 0 Å². The highest BCUT2D eigenvalue weighted by Gasteiger charge is 2.48. The van der Waals surface area contributed by atoms with E-state index in [1.807, 2.05) is 0 Å². The van der Waals surface area contributed by atoms with E-state index in [9.17, 15) is 76.6 Å². The number of aliphatic hydroxyl groups excluding tert-OH is 3. The van der Waals surface area contributed by atoms with Gasteiger partial charge in [0.2, 0.25) is 0 Å². The smallest absolute Gasteiger partial charge is 0.157 e. The molecule has 0 aliphatic carbocycles. The van der Waals surface area contributed by atoms with Gasteiger partial charge in [-0.15, -0.1) is 0 Å². The summed E-state index contributed by atoms with van der Waals surface area (Å²) in [4.78, 5) is 0. The molecule has 326 valence electrons. The summed E-state index contributed by atoms with van der Waals surface area (Å²) in [7, 11) is 0. The van der Waals surface area contributed by atoms with E-state index in [-0.39, 0.29) is 68.8 Å². The molecule has 7 unspecified atom stereocenters. The number of fused-ring (bicyclic) bond motifs is 3. The fourth-order valence-corrected chi connectivity index (χ4v) is 8.77. The van der Waals surface area contributed by atoms with Gasteiger partial charge in [0, 0.05) is 53.3 Å². The molecule has 63 heavy (non-hydrogen) atoms. The molecule has 0 fully saturated rings. The fourth-order valence-electron chi connectivity index (χ4n) is 8.77. The van der Waals surface area contributed by atoms with Crippen molar-refractivity contribution in [2.24, 2.45) is 0 Å². The Bertz CT molecular complexity index is 2860. The SMILES string of the molecule is Oc1ccc(C2Oc3c(c(O)cc(O)c3-c3c(O)cc(O)c4c3OC(c3ccc(O)c(O)c3)C(O)C4c3c(O)cc(O)c4c3OC(c3ccc(O)c(O)c3)C(O)C4)CC2O)cc1O. The Morgan fingerprint density at radius 2 is 0.714 bits per heavy atom. The Morgan fingerprint density at radius 1 is 0.349 bits per heavy atom. The third-order valence-electron chi connectivity index (χ3n) is 11.8. The molecule has 0 aromatic heterocycles. The van der Waals surface area contributed by atoms with Crippen LogP contribution < -0.4 is 14.2 Å². The molecule has 7 atom stereocenters. The second-order valence-electron chi connectivity index (χ2n) is 15.6. The zero-order valence-corrected chi connectivity index (χ0v) is 32.3. The van der Waals surface area contributed by atoms with Gasteiger partial charge in [-0.25, -0.2) is 0 Å². The summed E-state index contributed by atoms with van der Waals surface area (Å²) < 4.78 is 19.0. The predicted octanol–water partition coefficient (Wildman–Crippen LogP) is 4.52. The zero-order valence-electron chi connectivity index (χ0n) is 32.3. The van der Waals surface area contributed by atoms with E-state index >= 15 is 0 Å². The maximum Gasteiger partial charge on any atom is 0.157 e. The van der Waals surface area contributed by atoms with E-state index < -0.39 is 123 Å². The highest BCUT2D eigenvalue weighted by molar-refractivity contribution is 5.90. The molecule has 0 radical (unpaired) electrons. The van der Waals surface area contributed by atoms with E-state index in [0.29, 0.717) is 0 Å². The number of benzene rings is 6. The van der Waals surface area contributed by atoms with Crippen molar-refractivity contribution in [3.63, 3.8) is 0 Å². The molecule has 3 heterocycles. The van der Waals surface area contributed by atoms with Gasteiger partial charge in [0.25, 0.3) is 0 Å². The maximum absolute atomic E-state index is 12.5. The Morgan fingerprint density at radius 3 is 1.19 bits per heavy atom. The van der Waals surface area contributed by atoms with Crippen LogP contribution in [0, 0.1) is 0 Å². The lowest BCUT2D eigenvalue weighted by atomic mass is 9.76. The van der Waals surface area contributed by atoms with Crippen LogP contribution in [-0.4, -0.2) is 94.9 Å². The van der Waals surface area contributed by atoms with Gasteiger partial charge < -0.3 is 90.8 Å². The molecule has 0 saturated carbocycles. The topological polar surface area (TPSA) is 331 Å². The number of hydrogen-bond donors (Lipinski definition) is 15. The molecular formula is C45H38O18. The van der Waals surface area contributed by atoms with Gasteiger partial charge in [-0.1, -0.05) is 18.2 Å². The molecule has 0 bridgehead atoms.